The van der Waals surface area contributed by atoms with Crippen molar-refractivity contribution in [1.29, 1.82) is 5.26 Å². The smallest absolute Gasteiger partial charge is 0.118 e. The van der Waals surface area contributed by atoms with Gasteiger partial charge in [0.25, 0.3) is 0 Å². The molecule has 0 aromatic heterocycles. The molecule has 0 bridgehead atoms. The quantitative estimate of drug-likeness (QED) is 0.759. The standard InChI is InChI=1S/C16H13NO/c1-18-16-10-8-14(9-11-16)3-2-13-4-6-15(12-17)7-5-13/h2-11H,1H3. The van der Waals surface area contributed by atoms with Gasteiger partial charge < -0.3 is 4.74 Å². The molecule has 0 aliphatic carbocycles. The summed E-state index contributed by atoms with van der Waals surface area (Å²) in [5, 5.41) is 8.71. The van der Waals surface area contributed by atoms with Crippen LogP contribution in [0.3, 0.4) is 0 Å². The summed E-state index contributed by atoms with van der Waals surface area (Å²) in [4.78, 5) is 0. The minimum absolute atomic E-state index is 0.677. The van der Waals surface area contributed by atoms with Crippen molar-refractivity contribution in [1.82, 2.24) is 0 Å². The second-order valence-electron chi connectivity index (χ2n) is 3.84. The average molecular weight is 235 g/mol. The van der Waals surface area contributed by atoms with Gasteiger partial charge in [0.2, 0.25) is 0 Å². The van der Waals surface area contributed by atoms with Crippen LogP contribution >= 0.6 is 0 Å². The van der Waals surface area contributed by atoms with E-state index in [0.29, 0.717) is 5.56 Å². The van der Waals surface area contributed by atoms with Crippen LogP contribution in [0.2, 0.25) is 0 Å². The third kappa shape index (κ3) is 2.99. The number of nitrogens with zero attached hydrogens (tertiary/aromatic N) is 1. The maximum Gasteiger partial charge on any atom is 0.118 e. The molecule has 0 amide bonds. The van der Waals surface area contributed by atoms with Gasteiger partial charge in [-0.3, -0.25) is 0 Å². The number of ether oxygens (including phenoxy) is 1. The van der Waals surface area contributed by atoms with Crippen LogP contribution in [-0.4, -0.2) is 7.11 Å². The molecule has 0 aliphatic heterocycles. The van der Waals surface area contributed by atoms with Gasteiger partial charge in [0, 0.05) is 0 Å². The Labute approximate surface area is 107 Å². The molecule has 2 aromatic rings. The molecular weight excluding hydrogens is 222 g/mol. The van der Waals surface area contributed by atoms with Crippen molar-refractivity contribution in [3.8, 4) is 11.8 Å². The molecule has 2 rings (SSSR count). The average Bonchev–Trinajstić information content (AvgIpc) is 2.46. The Morgan fingerprint density at radius 3 is 1.83 bits per heavy atom. The topological polar surface area (TPSA) is 33.0 Å². The SMILES string of the molecule is COc1ccc(C=Cc2ccc(C#N)cc2)cc1. The van der Waals surface area contributed by atoms with Crippen LogP contribution in [-0.2, 0) is 0 Å². The highest BCUT2D eigenvalue weighted by Crippen LogP contribution is 2.14. The Morgan fingerprint density at radius 2 is 1.39 bits per heavy atom. The zero-order valence-electron chi connectivity index (χ0n) is 10.1. The summed E-state index contributed by atoms with van der Waals surface area (Å²) in [6.45, 7) is 0. The van der Waals surface area contributed by atoms with Gasteiger partial charge in [0.05, 0.1) is 18.7 Å². The second kappa shape index (κ2) is 5.70. The van der Waals surface area contributed by atoms with E-state index in [-0.39, 0.29) is 0 Å². The summed E-state index contributed by atoms with van der Waals surface area (Å²) in [6, 6.07) is 17.4. The fraction of sp³-hybridized carbons (Fsp3) is 0.0625. The summed E-state index contributed by atoms with van der Waals surface area (Å²) in [5.41, 5.74) is 2.86. The molecular formula is C16H13NO. The molecule has 0 saturated heterocycles. The lowest BCUT2D eigenvalue weighted by molar-refractivity contribution is 0.415. The highest BCUT2D eigenvalue weighted by atomic mass is 16.5. The number of nitriles is 1. The molecule has 88 valence electrons. The molecule has 2 nitrogen and oxygen atoms in total. The Bertz CT molecular complexity index is 574. The van der Waals surface area contributed by atoms with Crippen LogP contribution in [0.15, 0.2) is 48.5 Å². The Balaban J connectivity index is 2.11. The molecule has 0 saturated carbocycles. The summed E-state index contributed by atoms with van der Waals surface area (Å²) in [6.07, 6.45) is 4.05. The van der Waals surface area contributed by atoms with Crippen LogP contribution in [0.25, 0.3) is 12.2 Å². The Morgan fingerprint density at radius 1 is 0.889 bits per heavy atom. The summed E-state index contributed by atoms with van der Waals surface area (Å²) in [5.74, 6) is 0.852. The van der Waals surface area contributed by atoms with E-state index in [9.17, 15) is 0 Å². The third-order valence-electron chi connectivity index (χ3n) is 2.62. The molecule has 2 heteroatoms. The van der Waals surface area contributed by atoms with Crippen molar-refractivity contribution >= 4 is 12.2 Å². The molecule has 0 spiro atoms. The molecule has 18 heavy (non-hydrogen) atoms. The molecule has 0 aliphatic rings. The van der Waals surface area contributed by atoms with Crippen molar-refractivity contribution in [3.05, 3.63) is 65.2 Å². The van der Waals surface area contributed by atoms with E-state index in [4.69, 9.17) is 10.00 Å². The van der Waals surface area contributed by atoms with Gasteiger partial charge in [-0.15, -0.1) is 0 Å². The predicted molar refractivity (Wildman–Crippen MR) is 73.1 cm³/mol. The van der Waals surface area contributed by atoms with E-state index < -0.39 is 0 Å². The first-order valence-corrected chi connectivity index (χ1v) is 5.64. The lowest BCUT2D eigenvalue weighted by Gasteiger charge is -1.99. The van der Waals surface area contributed by atoms with E-state index >= 15 is 0 Å². The number of rotatable bonds is 3. The van der Waals surface area contributed by atoms with Crippen molar-refractivity contribution in [2.24, 2.45) is 0 Å². The lowest BCUT2D eigenvalue weighted by Crippen LogP contribution is -1.81. The first kappa shape index (κ1) is 11.9. The molecule has 0 radical (unpaired) electrons. The summed E-state index contributed by atoms with van der Waals surface area (Å²) >= 11 is 0. The lowest BCUT2D eigenvalue weighted by atomic mass is 10.1. The monoisotopic (exact) mass is 235 g/mol. The second-order valence-corrected chi connectivity index (χ2v) is 3.84. The fourth-order valence-corrected chi connectivity index (χ4v) is 1.58. The first-order chi connectivity index (χ1) is 8.81. The number of benzene rings is 2. The molecule has 2 aromatic carbocycles. The van der Waals surface area contributed by atoms with Crippen molar-refractivity contribution < 1.29 is 4.74 Å². The minimum atomic E-state index is 0.677. The maximum atomic E-state index is 8.71. The zero-order valence-corrected chi connectivity index (χ0v) is 10.1. The van der Waals surface area contributed by atoms with Crippen molar-refractivity contribution in [3.63, 3.8) is 0 Å². The number of hydrogen-bond donors (Lipinski definition) is 0. The van der Waals surface area contributed by atoms with E-state index in [1.54, 1.807) is 7.11 Å². The molecule has 0 N–H and O–H groups in total. The number of methoxy groups -OCH3 is 1. The predicted octanol–water partition coefficient (Wildman–Crippen LogP) is 3.74. The van der Waals surface area contributed by atoms with E-state index in [0.717, 1.165) is 16.9 Å². The van der Waals surface area contributed by atoms with Crippen LogP contribution in [0, 0.1) is 11.3 Å². The molecule has 0 unspecified atom stereocenters. The van der Waals surface area contributed by atoms with Gasteiger partial charge in [-0.2, -0.15) is 5.26 Å². The normalized spacial score (nSPS) is 10.2. The van der Waals surface area contributed by atoms with Gasteiger partial charge >= 0.3 is 0 Å². The molecule has 0 fully saturated rings. The highest BCUT2D eigenvalue weighted by Gasteiger charge is 1.92. The van der Waals surface area contributed by atoms with Gasteiger partial charge in [-0.05, 0) is 35.4 Å². The van der Waals surface area contributed by atoms with Gasteiger partial charge in [0.1, 0.15) is 5.75 Å². The van der Waals surface area contributed by atoms with Gasteiger partial charge in [0.15, 0.2) is 0 Å². The Kier molecular flexibility index (Phi) is 3.78. The first-order valence-electron chi connectivity index (χ1n) is 5.64. The van der Waals surface area contributed by atoms with E-state index in [2.05, 4.69) is 6.07 Å². The fourth-order valence-electron chi connectivity index (χ4n) is 1.58. The third-order valence-corrected chi connectivity index (χ3v) is 2.62. The van der Waals surface area contributed by atoms with Gasteiger partial charge in [-0.25, -0.2) is 0 Å². The van der Waals surface area contributed by atoms with E-state index in [1.165, 1.54) is 0 Å². The van der Waals surface area contributed by atoms with E-state index in [1.807, 2.05) is 60.7 Å². The largest absolute Gasteiger partial charge is 0.497 e. The van der Waals surface area contributed by atoms with Crippen molar-refractivity contribution in [2.75, 3.05) is 7.11 Å². The van der Waals surface area contributed by atoms with Crippen LogP contribution in [0.5, 0.6) is 5.75 Å². The zero-order chi connectivity index (χ0) is 12.8. The van der Waals surface area contributed by atoms with Crippen LogP contribution in [0.1, 0.15) is 16.7 Å². The summed E-state index contributed by atoms with van der Waals surface area (Å²) in [7, 11) is 1.65. The van der Waals surface area contributed by atoms with Crippen LogP contribution in [0.4, 0.5) is 0 Å². The summed E-state index contributed by atoms with van der Waals surface area (Å²) < 4.78 is 5.10. The molecule has 0 atom stereocenters. The molecule has 0 heterocycles. The Hall–Kier alpha value is -2.53. The highest BCUT2D eigenvalue weighted by molar-refractivity contribution is 5.70. The van der Waals surface area contributed by atoms with Crippen LogP contribution < -0.4 is 4.74 Å². The van der Waals surface area contributed by atoms with Gasteiger partial charge in [-0.1, -0.05) is 36.4 Å². The van der Waals surface area contributed by atoms with Crippen molar-refractivity contribution in [2.45, 2.75) is 0 Å². The minimum Gasteiger partial charge on any atom is -0.497 e. The maximum absolute atomic E-state index is 8.71. The number of hydrogen-bond acceptors (Lipinski definition) is 2.